The van der Waals surface area contributed by atoms with Crippen molar-refractivity contribution in [3.8, 4) is 0 Å². The molecule has 0 radical (unpaired) electrons. The van der Waals surface area contributed by atoms with Crippen molar-refractivity contribution < 1.29 is 4.79 Å². The fourth-order valence-electron chi connectivity index (χ4n) is 1.70. The second kappa shape index (κ2) is 7.32. The molecule has 0 aliphatic heterocycles. The zero-order chi connectivity index (χ0) is 13.4. The second-order valence-corrected chi connectivity index (χ2v) is 11.4. The van der Waals surface area contributed by atoms with E-state index in [-0.39, 0.29) is 5.78 Å². The standard InChI is InChI=1S/C16H24OSi/c1-18(2,3)14-10-5-4-9-13-16(17)15-11-7-6-8-12-15/h5-8,10-12H,4,9,13-14H2,1-3H3/b10-5-. The summed E-state index contributed by atoms with van der Waals surface area (Å²) in [6.45, 7) is 7.11. The fourth-order valence-corrected chi connectivity index (χ4v) is 2.58. The topological polar surface area (TPSA) is 17.1 Å². The molecule has 0 atom stereocenters. The number of carbonyl (C=O) groups excluding carboxylic acids is 1. The minimum atomic E-state index is -0.946. The van der Waals surface area contributed by atoms with E-state index < -0.39 is 8.07 Å². The van der Waals surface area contributed by atoms with Gasteiger partial charge in [0, 0.05) is 20.1 Å². The Labute approximate surface area is 112 Å². The first-order valence-corrected chi connectivity index (χ1v) is 10.4. The smallest absolute Gasteiger partial charge is 0.162 e. The number of ketones is 1. The van der Waals surface area contributed by atoms with E-state index in [1.54, 1.807) is 0 Å². The zero-order valence-corrected chi connectivity index (χ0v) is 12.8. The molecular formula is C16H24OSi. The number of unbranched alkanes of at least 4 members (excludes halogenated alkanes) is 1. The van der Waals surface area contributed by atoms with Gasteiger partial charge in [-0.2, -0.15) is 0 Å². The zero-order valence-electron chi connectivity index (χ0n) is 11.8. The van der Waals surface area contributed by atoms with Crippen molar-refractivity contribution in [2.75, 3.05) is 0 Å². The quantitative estimate of drug-likeness (QED) is 0.294. The monoisotopic (exact) mass is 260 g/mol. The van der Waals surface area contributed by atoms with Crippen LogP contribution in [0.3, 0.4) is 0 Å². The minimum Gasteiger partial charge on any atom is -0.294 e. The predicted molar refractivity (Wildman–Crippen MR) is 81.9 cm³/mol. The summed E-state index contributed by atoms with van der Waals surface area (Å²) in [7, 11) is -0.946. The van der Waals surface area contributed by atoms with Crippen LogP contribution in [0.2, 0.25) is 25.7 Å². The number of hydrogen-bond acceptors (Lipinski definition) is 1. The van der Waals surface area contributed by atoms with E-state index in [2.05, 4.69) is 31.8 Å². The number of carbonyl (C=O) groups is 1. The molecule has 0 saturated heterocycles. The number of hydrogen-bond donors (Lipinski definition) is 0. The molecule has 0 amide bonds. The Morgan fingerprint density at radius 1 is 1.11 bits per heavy atom. The molecule has 0 saturated carbocycles. The van der Waals surface area contributed by atoms with Crippen molar-refractivity contribution in [1.29, 1.82) is 0 Å². The summed E-state index contributed by atoms with van der Waals surface area (Å²) in [6, 6.07) is 10.8. The molecule has 2 heteroatoms. The van der Waals surface area contributed by atoms with Gasteiger partial charge in [-0.15, -0.1) is 0 Å². The SMILES string of the molecule is C[Si](C)(C)C/C=C\CCCC(=O)c1ccccc1. The van der Waals surface area contributed by atoms with E-state index >= 15 is 0 Å². The van der Waals surface area contributed by atoms with Crippen LogP contribution in [0.5, 0.6) is 0 Å². The highest BCUT2D eigenvalue weighted by molar-refractivity contribution is 6.76. The fraction of sp³-hybridized carbons (Fsp3) is 0.438. The summed E-state index contributed by atoms with van der Waals surface area (Å²) in [6.07, 6.45) is 7.15. The molecule has 1 nitrogen and oxygen atoms in total. The van der Waals surface area contributed by atoms with Gasteiger partial charge in [-0.1, -0.05) is 62.1 Å². The van der Waals surface area contributed by atoms with Gasteiger partial charge in [0.1, 0.15) is 0 Å². The molecule has 0 heterocycles. The van der Waals surface area contributed by atoms with E-state index in [1.165, 1.54) is 6.04 Å². The van der Waals surface area contributed by atoms with E-state index in [0.717, 1.165) is 18.4 Å². The average molecular weight is 260 g/mol. The van der Waals surface area contributed by atoms with E-state index in [0.29, 0.717) is 6.42 Å². The normalized spacial score (nSPS) is 11.9. The molecule has 0 aliphatic carbocycles. The number of rotatable bonds is 7. The molecule has 1 aromatic rings. The van der Waals surface area contributed by atoms with Crippen molar-refractivity contribution in [2.45, 2.75) is 44.9 Å². The number of allylic oxidation sites excluding steroid dienone is 2. The first-order valence-electron chi connectivity index (χ1n) is 6.72. The van der Waals surface area contributed by atoms with Crippen molar-refractivity contribution in [2.24, 2.45) is 0 Å². The maximum atomic E-state index is 11.8. The Morgan fingerprint density at radius 2 is 1.78 bits per heavy atom. The van der Waals surface area contributed by atoms with Crippen LogP contribution < -0.4 is 0 Å². The van der Waals surface area contributed by atoms with Gasteiger partial charge in [-0.3, -0.25) is 4.79 Å². The molecule has 0 fully saturated rings. The number of Topliss-reactive ketones (excluding diaryl/α,β-unsaturated/α-hetero) is 1. The van der Waals surface area contributed by atoms with Gasteiger partial charge >= 0.3 is 0 Å². The van der Waals surface area contributed by atoms with Crippen molar-refractivity contribution in [1.82, 2.24) is 0 Å². The molecule has 0 unspecified atom stereocenters. The summed E-state index contributed by atoms with van der Waals surface area (Å²) in [5.41, 5.74) is 0.837. The lowest BCUT2D eigenvalue weighted by atomic mass is 10.1. The molecule has 1 rings (SSSR count). The summed E-state index contributed by atoms with van der Waals surface area (Å²) in [5.74, 6) is 0.259. The van der Waals surface area contributed by atoms with Crippen molar-refractivity contribution >= 4 is 13.9 Å². The molecule has 0 N–H and O–H groups in total. The first-order chi connectivity index (χ1) is 8.49. The highest BCUT2D eigenvalue weighted by Crippen LogP contribution is 2.10. The van der Waals surface area contributed by atoms with Gasteiger partial charge in [0.05, 0.1) is 0 Å². The Balaban J connectivity index is 2.21. The van der Waals surface area contributed by atoms with Gasteiger partial charge in [0.2, 0.25) is 0 Å². The van der Waals surface area contributed by atoms with Crippen molar-refractivity contribution in [3.63, 3.8) is 0 Å². The molecule has 0 bridgehead atoms. The lowest BCUT2D eigenvalue weighted by molar-refractivity contribution is 0.0980. The Kier molecular flexibility index (Phi) is 6.06. The summed E-state index contributed by atoms with van der Waals surface area (Å²) >= 11 is 0. The molecular weight excluding hydrogens is 236 g/mol. The van der Waals surface area contributed by atoms with Gasteiger partial charge in [-0.25, -0.2) is 0 Å². The third kappa shape index (κ3) is 6.55. The molecule has 18 heavy (non-hydrogen) atoms. The minimum absolute atomic E-state index is 0.259. The van der Waals surface area contributed by atoms with E-state index in [4.69, 9.17) is 0 Å². The van der Waals surface area contributed by atoms with Crippen LogP contribution in [0.4, 0.5) is 0 Å². The maximum Gasteiger partial charge on any atom is 0.162 e. The molecule has 1 aromatic carbocycles. The summed E-state index contributed by atoms with van der Waals surface area (Å²) < 4.78 is 0. The van der Waals surface area contributed by atoms with Crippen LogP contribution in [0.15, 0.2) is 42.5 Å². The Bertz CT molecular complexity index is 387. The van der Waals surface area contributed by atoms with Crippen LogP contribution in [-0.2, 0) is 0 Å². The number of benzene rings is 1. The van der Waals surface area contributed by atoms with E-state index in [1.807, 2.05) is 30.3 Å². The molecule has 0 spiro atoms. The predicted octanol–water partition coefficient (Wildman–Crippen LogP) is 4.93. The third-order valence-electron chi connectivity index (χ3n) is 2.77. The second-order valence-electron chi connectivity index (χ2n) is 5.92. The van der Waals surface area contributed by atoms with Crippen LogP contribution in [-0.4, -0.2) is 13.9 Å². The van der Waals surface area contributed by atoms with Crippen LogP contribution in [0.1, 0.15) is 29.6 Å². The third-order valence-corrected chi connectivity index (χ3v) is 4.23. The highest BCUT2D eigenvalue weighted by atomic mass is 28.3. The van der Waals surface area contributed by atoms with E-state index in [9.17, 15) is 4.79 Å². The molecule has 0 aliphatic rings. The molecule has 98 valence electrons. The first kappa shape index (κ1) is 14.9. The van der Waals surface area contributed by atoms with Crippen LogP contribution >= 0.6 is 0 Å². The highest BCUT2D eigenvalue weighted by Gasteiger charge is 2.09. The lowest BCUT2D eigenvalue weighted by Crippen LogP contribution is -2.17. The largest absolute Gasteiger partial charge is 0.294 e. The summed E-state index contributed by atoms with van der Waals surface area (Å²) in [5, 5.41) is 0. The van der Waals surface area contributed by atoms with Gasteiger partial charge in [0.15, 0.2) is 5.78 Å². The summed E-state index contributed by atoms with van der Waals surface area (Å²) in [4.78, 5) is 11.8. The van der Waals surface area contributed by atoms with Gasteiger partial charge in [-0.05, 0) is 18.9 Å². The maximum absolute atomic E-state index is 11.8. The van der Waals surface area contributed by atoms with Crippen LogP contribution in [0.25, 0.3) is 0 Å². The van der Waals surface area contributed by atoms with Crippen LogP contribution in [0, 0.1) is 0 Å². The van der Waals surface area contributed by atoms with Gasteiger partial charge in [0.25, 0.3) is 0 Å². The average Bonchev–Trinajstić information content (AvgIpc) is 2.33. The van der Waals surface area contributed by atoms with Gasteiger partial charge < -0.3 is 0 Å². The lowest BCUT2D eigenvalue weighted by Gasteiger charge is -2.11. The molecule has 0 aromatic heterocycles. The van der Waals surface area contributed by atoms with Crippen molar-refractivity contribution in [3.05, 3.63) is 48.0 Å². The Hall–Kier alpha value is -1.15. The Morgan fingerprint density at radius 3 is 2.39 bits per heavy atom.